The number of hydrogen-bond acceptors (Lipinski definition) is 1. The standard InChI is InChI=1S/C15H13Br2FO/c16-9-12(11-4-2-1-3-5-11)10-19-15-7-13(17)6-14(18)8-15/h1-8,12H,9-10H2. The van der Waals surface area contributed by atoms with Gasteiger partial charge in [0.15, 0.2) is 0 Å². The van der Waals surface area contributed by atoms with Crippen LogP contribution in [-0.2, 0) is 0 Å². The van der Waals surface area contributed by atoms with Crippen molar-refractivity contribution >= 4 is 31.9 Å². The highest BCUT2D eigenvalue weighted by atomic mass is 79.9. The van der Waals surface area contributed by atoms with Gasteiger partial charge in [0, 0.05) is 21.8 Å². The molecular formula is C15H13Br2FO. The van der Waals surface area contributed by atoms with Crippen molar-refractivity contribution in [1.82, 2.24) is 0 Å². The van der Waals surface area contributed by atoms with Gasteiger partial charge in [-0.05, 0) is 17.7 Å². The number of halogens is 3. The lowest BCUT2D eigenvalue weighted by atomic mass is 10.0. The first kappa shape index (κ1) is 14.5. The minimum Gasteiger partial charge on any atom is -0.493 e. The van der Waals surface area contributed by atoms with Crippen LogP contribution in [0.1, 0.15) is 11.5 Å². The molecule has 100 valence electrons. The Hall–Kier alpha value is -0.870. The van der Waals surface area contributed by atoms with Gasteiger partial charge < -0.3 is 4.74 Å². The Balaban J connectivity index is 2.04. The van der Waals surface area contributed by atoms with Gasteiger partial charge in [-0.1, -0.05) is 62.2 Å². The van der Waals surface area contributed by atoms with Crippen LogP contribution in [0.15, 0.2) is 53.0 Å². The van der Waals surface area contributed by atoms with E-state index < -0.39 is 0 Å². The summed E-state index contributed by atoms with van der Waals surface area (Å²) in [6, 6.07) is 14.7. The van der Waals surface area contributed by atoms with E-state index in [4.69, 9.17) is 4.74 Å². The van der Waals surface area contributed by atoms with Crippen molar-refractivity contribution in [3.8, 4) is 5.75 Å². The maximum absolute atomic E-state index is 13.2. The fourth-order valence-electron chi connectivity index (χ4n) is 1.76. The Morgan fingerprint density at radius 3 is 2.47 bits per heavy atom. The summed E-state index contributed by atoms with van der Waals surface area (Å²) in [7, 11) is 0. The van der Waals surface area contributed by atoms with Gasteiger partial charge >= 0.3 is 0 Å². The Bertz CT molecular complexity index is 511. The van der Waals surface area contributed by atoms with Gasteiger partial charge in [-0.25, -0.2) is 4.39 Å². The zero-order valence-corrected chi connectivity index (χ0v) is 13.3. The van der Waals surface area contributed by atoms with Crippen molar-refractivity contribution in [3.63, 3.8) is 0 Å². The summed E-state index contributed by atoms with van der Waals surface area (Å²) in [5.41, 5.74) is 1.20. The molecule has 0 aliphatic heterocycles. The summed E-state index contributed by atoms with van der Waals surface area (Å²) >= 11 is 6.74. The molecule has 0 N–H and O–H groups in total. The lowest BCUT2D eigenvalue weighted by Gasteiger charge is -2.16. The fraction of sp³-hybridized carbons (Fsp3) is 0.200. The first-order valence-electron chi connectivity index (χ1n) is 5.89. The summed E-state index contributed by atoms with van der Waals surface area (Å²) in [5.74, 6) is 0.469. The molecular weight excluding hydrogens is 375 g/mol. The third kappa shape index (κ3) is 4.32. The molecule has 19 heavy (non-hydrogen) atoms. The van der Waals surface area contributed by atoms with E-state index in [1.165, 1.54) is 17.7 Å². The highest BCUT2D eigenvalue weighted by Gasteiger charge is 2.11. The Morgan fingerprint density at radius 2 is 1.84 bits per heavy atom. The van der Waals surface area contributed by atoms with E-state index in [2.05, 4.69) is 44.0 Å². The molecule has 0 bridgehead atoms. The predicted molar refractivity (Wildman–Crippen MR) is 82.6 cm³/mol. The molecule has 0 spiro atoms. The molecule has 0 saturated carbocycles. The maximum atomic E-state index is 13.2. The second kappa shape index (κ2) is 7.06. The topological polar surface area (TPSA) is 9.23 Å². The van der Waals surface area contributed by atoms with Crippen LogP contribution in [0.2, 0.25) is 0 Å². The van der Waals surface area contributed by atoms with Crippen LogP contribution in [0.5, 0.6) is 5.75 Å². The molecule has 0 aromatic heterocycles. The van der Waals surface area contributed by atoms with Gasteiger partial charge in [-0.15, -0.1) is 0 Å². The van der Waals surface area contributed by atoms with E-state index >= 15 is 0 Å². The maximum Gasteiger partial charge on any atom is 0.128 e. The second-order valence-electron chi connectivity index (χ2n) is 4.18. The second-order valence-corrected chi connectivity index (χ2v) is 5.74. The van der Waals surface area contributed by atoms with Crippen molar-refractivity contribution in [1.29, 1.82) is 0 Å². The summed E-state index contributed by atoms with van der Waals surface area (Å²) in [6.07, 6.45) is 0. The minimum atomic E-state index is -0.306. The highest BCUT2D eigenvalue weighted by molar-refractivity contribution is 9.10. The molecule has 0 radical (unpaired) electrons. The highest BCUT2D eigenvalue weighted by Crippen LogP contribution is 2.23. The smallest absolute Gasteiger partial charge is 0.128 e. The number of ether oxygens (including phenoxy) is 1. The molecule has 0 amide bonds. The van der Waals surface area contributed by atoms with Crippen LogP contribution in [0.4, 0.5) is 4.39 Å². The largest absolute Gasteiger partial charge is 0.493 e. The van der Waals surface area contributed by atoms with E-state index in [-0.39, 0.29) is 11.7 Å². The summed E-state index contributed by atoms with van der Waals surface area (Å²) < 4.78 is 19.6. The normalized spacial score (nSPS) is 12.2. The van der Waals surface area contributed by atoms with Crippen LogP contribution < -0.4 is 4.74 Å². The average molecular weight is 388 g/mol. The molecule has 1 nitrogen and oxygen atoms in total. The predicted octanol–water partition coefficient (Wildman–Crippen LogP) is 5.15. The lowest BCUT2D eigenvalue weighted by molar-refractivity contribution is 0.296. The molecule has 4 heteroatoms. The Morgan fingerprint density at radius 1 is 1.11 bits per heavy atom. The van der Waals surface area contributed by atoms with E-state index in [9.17, 15) is 4.39 Å². The third-order valence-electron chi connectivity index (χ3n) is 2.74. The molecule has 0 heterocycles. The summed E-state index contributed by atoms with van der Waals surface area (Å²) in [6.45, 7) is 0.505. The zero-order chi connectivity index (χ0) is 13.7. The quantitative estimate of drug-likeness (QED) is 0.645. The Labute approximate surface area is 129 Å². The summed E-state index contributed by atoms with van der Waals surface area (Å²) in [5, 5.41) is 0.799. The molecule has 0 aliphatic carbocycles. The molecule has 2 aromatic carbocycles. The van der Waals surface area contributed by atoms with Crippen LogP contribution in [0, 0.1) is 5.82 Å². The van der Waals surface area contributed by atoms with Gasteiger partial charge in [0.2, 0.25) is 0 Å². The van der Waals surface area contributed by atoms with Crippen LogP contribution in [-0.4, -0.2) is 11.9 Å². The van der Waals surface area contributed by atoms with E-state index in [1.807, 2.05) is 18.2 Å². The molecule has 2 rings (SSSR count). The first-order chi connectivity index (χ1) is 9.19. The first-order valence-corrected chi connectivity index (χ1v) is 7.80. The van der Waals surface area contributed by atoms with Gasteiger partial charge in [0.25, 0.3) is 0 Å². The molecule has 1 atom stereocenters. The van der Waals surface area contributed by atoms with Gasteiger partial charge in [-0.3, -0.25) is 0 Å². The molecule has 0 aliphatic rings. The number of alkyl halides is 1. The molecule has 0 saturated heterocycles. The van der Waals surface area contributed by atoms with Gasteiger partial charge in [-0.2, -0.15) is 0 Å². The van der Waals surface area contributed by atoms with E-state index in [0.29, 0.717) is 16.8 Å². The van der Waals surface area contributed by atoms with Crippen molar-refractivity contribution in [3.05, 3.63) is 64.4 Å². The van der Waals surface area contributed by atoms with Crippen molar-refractivity contribution in [2.24, 2.45) is 0 Å². The SMILES string of the molecule is Fc1cc(Br)cc(OCC(CBr)c2ccccc2)c1. The van der Waals surface area contributed by atoms with Crippen LogP contribution in [0.3, 0.4) is 0 Å². The van der Waals surface area contributed by atoms with Crippen molar-refractivity contribution in [2.45, 2.75) is 5.92 Å². The number of rotatable bonds is 5. The van der Waals surface area contributed by atoms with E-state index in [1.54, 1.807) is 6.07 Å². The zero-order valence-electron chi connectivity index (χ0n) is 10.2. The summed E-state index contributed by atoms with van der Waals surface area (Å²) in [4.78, 5) is 0. The average Bonchev–Trinajstić information content (AvgIpc) is 2.39. The molecule has 2 aromatic rings. The fourth-order valence-corrected chi connectivity index (χ4v) is 2.77. The number of benzene rings is 2. The Kier molecular flexibility index (Phi) is 5.40. The molecule has 1 unspecified atom stereocenters. The van der Waals surface area contributed by atoms with Gasteiger partial charge in [0.1, 0.15) is 11.6 Å². The van der Waals surface area contributed by atoms with Crippen LogP contribution in [0.25, 0.3) is 0 Å². The van der Waals surface area contributed by atoms with Crippen molar-refractivity contribution in [2.75, 3.05) is 11.9 Å². The number of hydrogen-bond donors (Lipinski definition) is 0. The van der Waals surface area contributed by atoms with Gasteiger partial charge in [0.05, 0.1) is 6.61 Å². The van der Waals surface area contributed by atoms with Crippen LogP contribution >= 0.6 is 31.9 Å². The van der Waals surface area contributed by atoms with Crippen molar-refractivity contribution < 1.29 is 9.13 Å². The monoisotopic (exact) mass is 386 g/mol. The minimum absolute atomic E-state index is 0.239. The molecule has 0 fully saturated rings. The third-order valence-corrected chi connectivity index (χ3v) is 3.98. The van der Waals surface area contributed by atoms with E-state index in [0.717, 1.165) is 5.33 Å². The lowest BCUT2D eigenvalue weighted by Crippen LogP contribution is -2.11.